The summed E-state index contributed by atoms with van der Waals surface area (Å²) in [6, 6.07) is 0. The normalized spacial score (nSPS) is 13.5. The van der Waals surface area contributed by atoms with E-state index >= 15 is 0 Å². The zero-order valence-corrected chi connectivity index (χ0v) is 11.8. The van der Waals surface area contributed by atoms with E-state index in [2.05, 4.69) is 24.8 Å². The van der Waals surface area contributed by atoms with Gasteiger partial charge in [-0.25, -0.2) is 9.55 Å². The van der Waals surface area contributed by atoms with Crippen molar-refractivity contribution in [3.8, 4) is 0 Å². The second kappa shape index (κ2) is 5.92. The van der Waals surface area contributed by atoms with Gasteiger partial charge in [0, 0.05) is 7.05 Å². The zero-order chi connectivity index (χ0) is 15.6. The molecule has 0 spiro atoms. The van der Waals surface area contributed by atoms with Crippen LogP contribution in [0, 0.1) is 0 Å². The van der Waals surface area contributed by atoms with Gasteiger partial charge in [0.2, 0.25) is 5.95 Å². The Balaban J connectivity index is 2.21. The highest BCUT2D eigenvalue weighted by Crippen LogP contribution is 2.35. The number of anilines is 1. The second-order valence-electron chi connectivity index (χ2n) is 4.17. The molecule has 0 aliphatic rings. The van der Waals surface area contributed by atoms with Crippen molar-refractivity contribution in [3.63, 3.8) is 0 Å². The van der Waals surface area contributed by atoms with Gasteiger partial charge in [-0.15, -0.1) is 0 Å². The molecule has 12 heteroatoms. The van der Waals surface area contributed by atoms with Gasteiger partial charge in [0.1, 0.15) is 0 Å². The zero-order valence-electron chi connectivity index (χ0n) is 10.9. The minimum atomic E-state index is -4.64. The third-order valence-corrected chi connectivity index (χ3v) is 3.04. The van der Waals surface area contributed by atoms with Crippen molar-refractivity contribution in [2.75, 3.05) is 19.0 Å². The molecule has 0 aromatic carbocycles. The van der Waals surface area contributed by atoms with Crippen LogP contribution in [0.1, 0.15) is 0 Å². The van der Waals surface area contributed by atoms with Crippen LogP contribution in [0.15, 0.2) is 11.1 Å². The highest BCUT2D eigenvalue weighted by molar-refractivity contribution is 7.46. The molecule has 0 aliphatic heterocycles. The first kappa shape index (κ1) is 15.6. The van der Waals surface area contributed by atoms with Gasteiger partial charge in [-0.3, -0.25) is 14.3 Å². The fourth-order valence-electron chi connectivity index (χ4n) is 1.67. The number of rotatable bonds is 6. The van der Waals surface area contributed by atoms with Crippen LogP contribution < -0.4 is 10.9 Å². The number of hydrogen-bond donors (Lipinski definition) is 5. The van der Waals surface area contributed by atoms with E-state index in [1.54, 1.807) is 7.05 Å². The summed E-state index contributed by atoms with van der Waals surface area (Å²) >= 11 is 0. The Morgan fingerprint density at radius 3 is 2.90 bits per heavy atom. The van der Waals surface area contributed by atoms with E-state index < -0.39 is 26.1 Å². The fraction of sp³-hybridized carbons (Fsp3) is 0.444. The van der Waals surface area contributed by atoms with Crippen LogP contribution in [0.25, 0.3) is 11.2 Å². The predicted molar refractivity (Wildman–Crippen MR) is 71.7 cm³/mol. The summed E-state index contributed by atoms with van der Waals surface area (Å²) in [7, 11) is -3.07. The number of hydrogen-bond acceptors (Lipinski definition) is 7. The minimum absolute atomic E-state index is 0.0872. The number of aliphatic hydroxyl groups excluding tert-OH is 1. The minimum Gasteiger partial charge on any atom is -0.389 e. The summed E-state index contributed by atoms with van der Waals surface area (Å²) < 4.78 is 16.1. The van der Waals surface area contributed by atoms with E-state index in [0.717, 1.165) is 0 Å². The molecule has 2 rings (SSSR count). The molecule has 0 radical (unpaired) electrons. The van der Waals surface area contributed by atoms with Crippen molar-refractivity contribution in [2.24, 2.45) is 0 Å². The van der Waals surface area contributed by atoms with Crippen LogP contribution in [0.4, 0.5) is 5.95 Å². The number of aromatic nitrogens is 4. The molecule has 11 nitrogen and oxygen atoms in total. The SMILES string of the molecule is CNc1nc2c(ncn2CC(O)COP(=O)(O)O)c(=O)[nH]1. The quantitative estimate of drug-likeness (QED) is 0.404. The summed E-state index contributed by atoms with van der Waals surface area (Å²) in [5, 5.41) is 12.4. The lowest BCUT2D eigenvalue weighted by Gasteiger charge is -2.12. The average molecular weight is 319 g/mol. The number of phosphoric acid groups is 1. The van der Waals surface area contributed by atoms with Crippen LogP contribution in [0.5, 0.6) is 0 Å². The van der Waals surface area contributed by atoms with Gasteiger partial charge < -0.3 is 24.8 Å². The number of imidazole rings is 1. The van der Waals surface area contributed by atoms with Gasteiger partial charge in [-0.1, -0.05) is 0 Å². The third-order valence-electron chi connectivity index (χ3n) is 2.55. The molecule has 0 saturated carbocycles. The van der Waals surface area contributed by atoms with Gasteiger partial charge >= 0.3 is 7.82 Å². The molecule has 2 aromatic rings. The molecule has 0 amide bonds. The highest BCUT2D eigenvalue weighted by atomic mass is 31.2. The molecule has 0 bridgehead atoms. The maximum absolute atomic E-state index is 11.7. The number of phosphoric ester groups is 1. The van der Waals surface area contributed by atoms with E-state index in [-0.39, 0.29) is 23.7 Å². The molecule has 5 N–H and O–H groups in total. The van der Waals surface area contributed by atoms with Crippen molar-refractivity contribution < 1.29 is 24.0 Å². The lowest BCUT2D eigenvalue weighted by molar-refractivity contribution is 0.0740. The Morgan fingerprint density at radius 1 is 1.57 bits per heavy atom. The third kappa shape index (κ3) is 3.86. The van der Waals surface area contributed by atoms with Crippen molar-refractivity contribution in [1.29, 1.82) is 0 Å². The standard InChI is InChI=1S/C9H14N5O6P/c1-10-9-12-7-6(8(16)13-9)11-4-14(7)2-5(15)3-20-21(17,18)19/h4-5,15H,2-3H2,1H3,(H2,17,18,19)(H2,10,12,13,16). The van der Waals surface area contributed by atoms with Gasteiger partial charge in [0.25, 0.3) is 5.56 Å². The van der Waals surface area contributed by atoms with Gasteiger partial charge in [-0.2, -0.15) is 4.98 Å². The topological polar surface area (TPSA) is 163 Å². The number of aliphatic hydroxyl groups is 1. The molecule has 2 heterocycles. The lowest BCUT2D eigenvalue weighted by atomic mass is 10.4. The van der Waals surface area contributed by atoms with E-state index in [9.17, 15) is 14.5 Å². The molecular weight excluding hydrogens is 305 g/mol. The summed E-state index contributed by atoms with van der Waals surface area (Å²) in [6.07, 6.45) is 0.0988. The van der Waals surface area contributed by atoms with E-state index in [1.807, 2.05) is 0 Å². The first-order valence-corrected chi connectivity index (χ1v) is 7.34. The monoisotopic (exact) mass is 319 g/mol. The number of nitrogens with one attached hydrogen (secondary N) is 2. The maximum Gasteiger partial charge on any atom is 0.469 e. The first-order valence-electron chi connectivity index (χ1n) is 5.81. The van der Waals surface area contributed by atoms with E-state index in [1.165, 1.54) is 10.9 Å². The number of nitrogens with zero attached hydrogens (tertiary/aromatic N) is 3. The molecule has 1 unspecified atom stereocenters. The van der Waals surface area contributed by atoms with Gasteiger partial charge in [0.05, 0.1) is 25.6 Å². The van der Waals surface area contributed by atoms with Crippen molar-refractivity contribution in [2.45, 2.75) is 12.6 Å². The second-order valence-corrected chi connectivity index (χ2v) is 5.41. The molecule has 0 fully saturated rings. The Labute approximate surface area is 117 Å². The number of H-pyrrole nitrogens is 1. The highest BCUT2D eigenvalue weighted by Gasteiger charge is 2.18. The van der Waals surface area contributed by atoms with Crippen molar-refractivity contribution >= 4 is 24.9 Å². The molecule has 21 heavy (non-hydrogen) atoms. The molecule has 2 aromatic heterocycles. The Kier molecular flexibility index (Phi) is 4.40. The molecule has 0 saturated heterocycles. The molecular formula is C9H14N5O6P. The molecule has 1 atom stereocenters. The number of fused-ring (bicyclic) bond motifs is 1. The van der Waals surface area contributed by atoms with Gasteiger partial charge in [0.15, 0.2) is 11.2 Å². The predicted octanol–water partition coefficient (Wildman–Crippen LogP) is -1.37. The van der Waals surface area contributed by atoms with Crippen LogP contribution >= 0.6 is 7.82 Å². The van der Waals surface area contributed by atoms with Crippen LogP contribution in [0.3, 0.4) is 0 Å². The first-order chi connectivity index (χ1) is 9.80. The summed E-state index contributed by atoms with van der Waals surface area (Å²) in [5.74, 6) is 0.232. The van der Waals surface area contributed by atoms with Crippen LogP contribution in [-0.4, -0.2) is 54.2 Å². The van der Waals surface area contributed by atoms with Crippen molar-refractivity contribution in [3.05, 3.63) is 16.7 Å². The molecule has 0 aliphatic carbocycles. The van der Waals surface area contributed by atoms with E-state index in [0.29, 0.717) is 0 Å². The fourth-order valence-corrected chi connectivity index (χ4v) is 2.03. The lowest BCUT2D eigenvalue weighted by Crippen LogP contribution is -2.21. The largest absolute Gasteiger partial charge is 0.469 e. The van der Waals surface area contributed by atoms with Crippen LogP contribution in [0.2, 0.25) is 0 Å². The summed E-state index contributed by atoms with van der Waals surface area (Å²) in [6.45, 7) is -0.651. The molecule has 116 valence electrons. The smallest absolute Gasteiger partial charge is 0.389 e. The Morgan fingerprint density at radius 2 is 2.29 bits per heavy atom. The Hall–Kier alpha value is -1.78. The van der Waals surface area contributed by atoms with E-state index in [4.69, 9.17) is 9.79 Å². The summed E-state index contributed by atoms with van der Waals surface area (Å²) in [4.78, 5) is 39.3. The van der Waals surface area contributed by atoms with Crippen LogP contribution in [-0.2, 0) is 15.6 Å². The van der Waals surface area contributed by atoms with Gasteiger partial charge in [-0.05, 0) is 0 Å². The van der Waals surface area contributed by atoms with Crippen molar-refractivity contribution in [1.82, 2.24) is 19.5 Å². The average Bonchev–Trinajstić information content (AvgIpc) is 2.79. The maximum atomic E-state index is 11.7. The number of aromatic amines is 1. The Bertz CT molecular complexity index is 736. The summed E-state index contributed by atoms with van der Waals surface area (Å²) in [5.41, 5.74) is -0.112.